The van der Waals surface area contributed by atoms with E-state index in [9.17, 15) is 4.79 Å². The van der Waals surface area contributed by atoms with Crippen LogP contribution in [0.25, 0.3) is 10.8 Å². The van der Waals surface area contributed by atoms with Gasteiger partial charge in [0.1, 0.15) is 0 Å². The largest absolute Gasteiger partial charge is 0.354 e. The molecular weight excluding hydrogens is 316 g/mol. The van der Waals surface area contributed by atoms with E-state index < -0.39 is 0 Å². The average molecular weight is 340 g/mol. The standard InChI is InChI=1S/C20H24N2OS/c23-20(22-14-13-21-16-24)10-4-2-1-3-7-17-11-12-18-8-5-6-9-19(18)15-17/h5-6,8-9,11-12,15H,1-4,7,10,13-14H2,(H,22,23). The van der Waals surface area contributed by atoms with Gasteiger partial charge in [0, 0.05) is 13.0 Å². The lowest BCUT2D eigenvalue weighted by atomic mass is 10.0. The number of benzene rings is 2. The Morgan fingerprint density at radius 1 is 1.04 bits per heavy atom. The molecule has 1 N–H and O–H groups in total. The van der Waals surface area contributed by atoms with Crippen LogP contribution in [-0.2, 0) is 11.2 Å². The van der Waals surface area contributed by atoms with Crippen molar-refractivity contribution in [3.05, 3.63) is 48.0 Å². The molecule has 3 nitrogen and oxygen atoms in total. The average Bonchev–Trinajstić information content (AvgIpc) is 2.61. The van der Waals surface area contributed by atoms with Gasteiger partial charge >= 0.3 is 0 Å². The number of carbonyl (C=O) groups excluding carboxylic acids is 1. The Morgan fingerprint density at radius 2 is 1.83 bits per heavy atom. The van der Waals surface area contributed by atoms with Crippen LogP contribution in [0.5, 0.6) is 0 Å². The molecule has 0 radical (unpaired) electrons. The van der Waals surface area contributed by atoms with E-state index >= 15 is 0 Å². The lowest BCUT2D eigenvalue weighted by Crippen LogP contribution is -2.25. The topological polar surface area (TPSA) is 41.5 Å². The molecule has 0 bridgehead atoms. The molecule has 0 aliphatic rings. The van der Waals surface area contributed by atoms with Crippen LogP contribution in [0.2, 0.25) is 0 Å². The van der Waals surface area contributed by atoms with Crippen molar-refractivity contribution in [1.29, 1.82) is 0 Å². The molecule has 24 heavy (non-hydrogen) atoms. The summed E-state index contributed by atoms with van der Waals surface area (Å²) in [4.78, 5) is 15.3. The minimum atomic E-state index is 0.101. The molecule has 0 aliphatic carbocycles. The van der Waals surface area contributed by atoms with Crippen molar-refractivity contribution in [2.24, 2.45) is 4.99 Å². The molecule has 0 aliphatic heterocycles. The van der Waals surface area contributed by atoms with Crippen LogP contribution in [0.1, 0.15) is 37.7 Å². The highest BCUT2D eigenvalue weighted by Crippen LogP contribution is 2.17. The second kappa shape index (κ2) is 10.7. The Kier molecular flexibility index (Phi) is 8.16. The van der Waals surface area contributed by atoms with Crippen molar-refractivity contribution in [2.45, 2.75) is 38.5 Å². The summed E-state index contributed by atoms with van der Waals surface area (Å²) in [6.07, 6.45) is 6.07. The van der Waals surface area contributed by atoms with Crippen molar-refractivity contribution in [3.63, 3.8) is 0 Å². The highest BCUT2D eigenvalue weighted by atomic mass is 32.1. The zero-order valence-corrected chi connectivity index (χ0v) is 14.8. The van der Waals surface area contributed by atoms with E-state index in [4.69, 9.17) is 0 Å². The number of hydrogen-bond acceptors (Lipinski definition) is 3. The minimum Gasteiger partial charge on any atom is -0.354 e. The number of amides is 1. The maximum Gasteiger partial charge on any atom is 0.220 e. The van der Waals surface area contributed by atoms with Crippen LogP contribution in [-0.4, -0.2) is 24.2 Å². The fourth-order valence-corrected chi connectivity index (χ4v) is 2.84. The number of nitrogens with one attached hydrogen (secondary N) is 1. The molecule has 126 valence electrons. The quantitative estimate of drug-likeness (QED) is 0.391. The number of aryl methyl sites for hydroxylation is 1. The van der Waals surface area contributed by atoms with E-state index in [1.165, 1.54) is 22.8 Å². The molecule has 2 rings (SSSR count). The van der Waals surface area contributed by atoms with Crippen molar-refractivity contribution in [3.8, 4) is 0 Å². The van der Waals surface area contributed by atoms with Crippen LogP contribution < -0.4 is 5.32 Å². The molecule has 0 aromatic heterocycles. The van der Waals surface area contributed by atoms with Gasteiger partial charge in [0.2, 0.25) is 5.91 Å². The Morgan fingerprint density at radius 3 is 2.67 bits per heavy atom. The zero-order valence-electron chi connectivity index (χ0n) is 14.0. The number of isothiocyanates is 1. The van der Waals surface area contributed by atoms with Crippen molar-refractivity contribution >= 4 is 34.1 Å². The molecule has 4 heteroatoms. The number of thiocarbonyl (C=S) groups is 1. The summed E-state index contributed by atoms with van der Waals surface area (Å²) in [5.41, 5.74) is 1.39. The molecule has 2 aromatic rings. The fraction of sp³-hybridized carbons (Fsp3) is 0.400. The maximum absolute atomic E-state index is 11.6. The first-order chi connectivity index (χ1) is 11.8. The van der Waals surface area contributed by atoms with Crippen LogP contribution in [0.4, 0.5) is 0 Å². The Bertz CT molecular complexity index is 708. The van der Waals surface area contributed by atoms with Gasteiger partial charge < -0.3 is 5.32 Å². The number of fused-ring (bicyclic) bond motifs is 1. The number of rotatable bonds is 10. The predicted molar refractivity (Wildman–Crippen MR) is 104 cm³/mol. The first-order valence-electron chi connectivity index (χ1n) is 8.57. The third kappa shape index (κ3) is 6.61. The molecule has 0 fully saturated rings. The summed E-state index contributed by atoms with van der Waals surface area (Å²) in [6, 6.07) is 15.2. The highest BCUT2D eigenvalue weighted by Gasteiger charge is 2.01. The highest BCUT2D eigenvalue weighted by molar-refractivity contribution is 7.78. The lowest BCUT2D eigenvalue weighted by Gasteiger charge is -2.05. The summed E-state index contributed by atoms with van der Waals surface area (Å²) in [6.45, 7) is 1.06. The van der Waals surface area contributed by atoms with Gasteiger partial charge in [-0.2, -0.15) is 0 Å². The first kappa shape index (κ1) is 18.3. The summed E-state index contributed by atoms with van der Waals surface area (Å²) in [5, 5.41) is 7.73. The van der Waals surface area contributed by atoms with Gasteiger partial charge in [0.05, 0.1) is 11.7 Å². The summed E-state index contributed by atoms with van der Waals surface area (Å²) < 4.78 is 0. The van der Waals surface area contributed by atoms with Crippen molar-refractivity contribution < 1.29 is 4.79 Å². The molecule has 0 heterocycles. The lowest BCUT2D eigenvalue weighted by molar-refractivity contribution is -0.121. The van der Waals surface area contributed by atoms with Crippen LogP contribution in [0.15, 0.2) is 47.5 Å². The van der Waals surface area contributed by atoms with E-state index in [0.717, 1.165) is 25.7 Å². The molecule has 0 spiro atoms. The molecular formula is C20H24N2OS. The Labute approximate surface area is 149 Å². The van der Waals surface area contributed by atoms with Crippen molar-refractivity contribution in [2.75, 3.05) is 13.1 Å². The van der Waals surface area contributed by atoms with Crippen LogP contribution in [0, 0.1) is 0 Å². The van der Waals surface area contributed by atoms with E-state index in [1.54, 1.807) is 0 Å². The molecule has 1 amide bonds. The third-order valence-corrected chi connectivity index (χ3v) is 4.17. The second-order valence-corrected chi connectivity index (χ2v) is 6.10. The number of unbranched alkanes of at least 4 members (excludes halogenated alkanes) is 3. The predicted octanol–water partition coefficient (Wildman–Crippen LogP) is 4.55. The smallest absolute Gasteiger partial charge is 0.220 e. The number of carbonyl (C=O) groups is 1. The fourth-order valence-electron chi connectivity index (χ4n) is 2.75. The summed E-state index contributed by atoms with van der Waals surface area (Å²) in [7, 11) is 0. The normalized spacial score (nSPS) is 10.3. The maximum atomic E-state index is 11.6. The molecule has 0 saturated heterocycles. The molecule has 2 aromatic carbocycles. The second-order valence-electron chi connectivity index (χ2n) is 5.92. The zero-order chi connectivity index (χ0) is 17.0. The van der Waals surface area contributed by atoms with E-state index in [2.05, 4.69) is 70.2 Å². The van der Waals surface area contributed by atoms with Gasteiger partial charge in [0.25, 0.3) is 0 Å². The van der Waals surface area contributed by atoms with E-state index in [1.807, 2.05) is 0 Å². The van der Waals surface area contributed by atoms with Gasteiger partial charge in [-0.1, -0.05) is 55.3 Å². The molecule has 0 saturated carbocycles. The first-order valence-corrected chi connectivity index (χ1v) is 8.98. The van der Waals surface area contributed by atoms with Crippen LogP contribution >= 0.6 is 12.2 Å². The van der Waals surface area contributed by atoms with Gasteiger partial charge in [-0.25, -0.2) is 4.99 Å². The SMILES string of the molecule is O=C(CCCCCCc1ccc2ccccc2c1)NCCN=C=S. The van der Waals surface area contributed by atoms with Gasteiger partial charge in [-0.3, -0.25) is 4.79 Å². The number of nitrogens with zero attached hydrogens (tertiary/aromatic N) is 1. The summed E-state index contributed by atoms with van der Waals surface area (Å²) in [5.74, 6) is 0.101. The molecule has 0 unspecified atom stereocenters. The van der Waals surface area contributed by atoms with Gasteiger partial charge in [0.15, 0.2) is 0 Å². The van der Waals surface area contributed by atoms with Crippen molar-refractivity contribution in [1.82, 2.24) is 5.32 Å². The third-order valence-electron chi connectivity index (χ3n) is 4.04. The van der Waals surface area contributed by atoms with Gasteiger partial charge in [-0.15, -0.1) is 0 Å². The molecule has 0 atom stereocenters. The number of hydrogen-bond donors (Lipinski definition) is 1. The van der Waals surface area contributed by atoms with Gasteiger partial charge in [-0.05, 0) is 47.8 Å². The van der Waals surface area contributed by atoms with Crippen LogP contribution in [0.3, 0.4) is 0 Å². The number of aliphatic imine (C=N–C) groups is 1. The van der Waals surface area contributed by atoms with E-state index in [0.29, 0.717) is 19.5 Å². The monoisotopic (exact) mass is 340 g/mol. The summed E-state index contributed by atoms with van der Waals surface area (Å²) >= 11 is 4.47. The van der Waals surface area contributed by atoms with E-state index in [-0.39, 0.29) is 5.91 Å². The Balaban J connectivity index is 1.57. The Hall–Kier alpha value is -2.03. The minimum absolute atomic E-state index is 0.101.